The van der Waals surface area contributed by atoms with Crippen molar-refractivity contribution in [2.45, 2.75) is 31.0 Å². The normalized spacial score (nSPS) is 24.0. The van der Waals surface area contributed by atoms with Crippen molar-refractivity contribution in [2.75, 3.05) is 20.8 Å². The van der Waals surface area contributed by atoms with Gasteiger partial charge in [0.05, 0.1) is 14.2 Å². The Kier molecular flexibility index (Phi) is 3.27. The highest BCUT2D eigenvalue weighted by Crippen LogP contribution is 2.55. The maximum atomic E-state index is 13.9. The molecule has 0 aromatic heterocycles. The van der Waals surface area contributed by atoms with Crippen molar-refractivity contribution in [1.29, 1.82) is 0 Å². The number of benzene rings is 1. The Hall–Kier alpha value is -1.92. The Labute approximate surface area is 125 Å². The fourth-order valence-electron chi connectivity index (χ4n) is 3.56. The first-order chi connectivity index (χ1) is 10.3. The number of amides is 1. The lowest BCUT2D eigenvalue weighted by molar-refractivity contribution is -0.231. The van der Waals surface area contributed by atoms with Crippen molar-refractivity contribution in [2.24, 2.45) is 0 Å². The molecule has 1 saturated heterocycles. The summed E-state index contributed by atoms with van der Waals surface area (Å²) >= 11 is 0. The Balaban J connectivity index is 2.26. The number of alkyl halides is 3. The van der Waals surface area contributed by atoms with Crippen LogP contribution in [-0.2, 0) is 16.8 Å². The van der Waals surface area contributed by atoms with Gasteiger partial charge in [-0.05, 0) is 36.1 Å². The van der Waals surface area contributed by atoms with Crippen LogP contribution in [0.3, 0.4) is 0 Å². The molecule has 1 aromatic rings. The number of methoxy groups -OCH3 is 2. The third kappa shape index (κ3) is 1.80. The average Bonchev–Trinajstić information content (AvgIpc) is 2.84. The second kappa shape index (κ2) is 4.79. The van der Waals surface area contributed by atoms with Crippen molar-refractivity contribution in [3.05, 3.63) is 23.3 Å². The molecular formula is C15H16F3NO3. The highest BCUT2D eigenvalue weighted by Gasteiger charge is 2.65. The van der Waals surface area contributed by atoms with Crippen LogP contribution < -0.4 is 9.47 Å². The molecule has 1 atom stereocenters. The number of carbonyl (C=O) groups excluding carboxylic acids is 1. The molecule has 1 fully saturated rings. The Morgan fingerprint density at radius 3 is 2.36 bits per heavy atom. The van der Waals surface area contributed by atoms with Gasteiger partial charge in [-0.25, -0.2) is 0 Å². The minimum Gasteiger partial charge on any atom is -0.493 e. The van der Waals surface area contributed by atoms with Gasteiger partial charge in [-0.1, -0.05) is 0 Å². The average molecular weight is 315 g/mol. The van der Waals surface area contributed by atoms with Crippen LogP contribution >= 0.6 is 0 Å². The van der Waals surface area contributed by atoms with Crippen LogP contribution in [0.25, 0.3) is 0 Å². The van der Waals surface area contributed by atoms with E-state index in [1.165, 1.54) is 20.3 Å². The summed E-state index contributed by atoms with van der Waals surface area (Å²) in [6.07, 6.45) is -4.50. The van der Waals surface area contributed by atoms with Crippen LogP contribution in [-0.4, -0.2) is 37.7 Å². The third-order valence-electron chi connectivity index (χ3n) is 4.59. The molecule has 0 saturated carbocycles. The number of carbonyl (C=O) groups is 1. The highest BCUT2D eigenvalue weighted by atomic mass is 19.4. The fraction of sp³-hybridized carbons (Fsp3) is 0.533. The van der Waals surface area contributed by atoms with Gasteiger partial charge in [0.1, 0.15) is 0 Å². The van der Waals surface area contributed by atoms with Crippen LogP contribution in [0.5, 0.6) is 11.5 Å². The predicted molar refractivity (Wildman–Crippen MR) is 71.9 cm³/mol. The lowest BCUT2D eigenvalue weighted by atomic mass is 9.79. The summed E-state index contributed by atoms with van der Waals surface area (Å²) in [4.78, 5) is 12.9. The third-order valence-corrected chi connectivity index (χ3v) is 4.59. The molecular weight excluding hydrogens is 299 g/mol. The molecule has 0 radical (unpaired) electrons. The lowest BCUT2D eigenvalue weighted by Crippen LogP contribution is -2.56. The molecule has 4 nitrogen and oxygen atoms in total. The van der Waals surface area contributed by atoms with E-state index in [1.54, 1.807) is 6.07 Å². The summed E-state index contributed by atoms with van der Waals surface area (Å²) in [6, 6.07) is 2.95. The lowest BCUT2D eigenvalue weighted by Gasteiger charge is -2.44. The number of rotatable bonds is 2. The number of hydrogen-bond donors (Lipinski definition) is 0. The summed E-state index contributed by atoms with van der Waals surface area (Å²) in [6.45, 7) is 0.0703. The molecule has 0 spiro atoms. The SMILES string of the molecule is COc1cc2c(cc1OC)C1(C(F)(F)F)CCC(=O)N1CC2. The molecule has 0 bridgehead atoms. The van der Waals surface area contributed by atoms with E-state index in [0.29, 0.717) is 17.7 Å². The molecule has 1 unspecified atom stereocenters. The van der Waals surface area contributed by atoms with Gasteiger partial charge in [0.15, 0.2) is 17.0 Å². The Morgan fingerprint density at radius 1 is 1.14 bits per heavy atom. The van der Waals surface area contributed by atoms with Gasteiger partial charge in [0.2, 0.25) is 5.91 Å². The van der Waals surface area contributed by atoms with E-state index >= 15 is 0 Å². The number of nitrogens with zero attached hydrogens (tertiary/aromatic N) is 1. The van der Waals surface area contributed by atoms with Crippen molar-refractivity contribution in [1.82, 2.24) is 4.90 Å². The molecule has 2 aliphatic heterocycles. The van der Waals surface area contributed by atoms with Gasteiger partial charge in [0.25, 0.3) is 0 Å². The monoisotopic (exact) mass is 315 g/mol. The van der Waals surface area contributed by atoms with Crippen LogP contribution in [0.15, 0.2) is 12.1 Å². The molecule has 120 valence electrons. The van der Waals surface area contributed by atoms with Gasteiger partial charge in [-0.15, -0.1) is 0 Å². The van der Waals surface area contributed by atoms with E-state index < -0.39 is 17.6 Å². The summed E-state index contributed by atoms with van der Waals surface area (Å²) in [5.41, 5.74) is -1.58. The van der Waals surface area contributed by atoms with Gasteiger partial charge in [0, 0.05) is 13.0 Å². The standard InChI is InChI=1S/C15H16F3NO3/c1-21-11-7-9-4-6-19-13(20)3-5-14(19,15(16,17)18)10(9)8-12(11)22-2/h7-8H,3-6H2,1-2H3. The van der Waals surface area contributed by atoms with Crippen LogP contribution in [0.2, 0.25) is 0 Å². The van der Waals surface area contributed by atoms with E-state index in [2.05, 4.69) is 0 Å². The number of halogens is 3. The second-order valence-electron chi connectivity index (χ2n) is 5.52. The summed E-state index contributed by atoms with van der Waals surface area (Å²) < 4.78 is 52.0. The minimum absolute atomic E-state index is 0.0703. The molecule has 22 heavy (non-hydrogen) atoms. The fourth-order valence-corrected chi connectivity index (χ4v) is 3.56. The van der Waals surface area contributed by atoms with Crippen molar-refractivity contribution in [3.8, 4) is 11.5 Å². The first kappa shape index (κ1) is 15.0. The van der Waals surface area contributed by atoms with Crippen LogP contribution in [0, 0.1) is 0 Å². The zero-order valence-electron chi connectivity index (χ0n) is 12.3. The minimum atomic E-state index is -4.53. The first-order valence-corrected chi connectivity index (χ1v) is 6.97. The van der Waals surface area contributed by atoms with E-state index in [9.17, 15) is 18.0 Å². The summed E-state index contributed by atoms with van der Waals surface area (Å²) in [5.74, 6) is 0.195. The molecule has 0 aliphatic carbocycles. The zero-order valence-corrected chi connectivity index (χ0v) is 12.3. The maximum Gasteiger partial charge on any atom is 0.415 e. The smallest absolute Gasteiger partial charge is 0.415 e. The first-order valence-electron chi connectivity index (χ1n) is 6.97. The summed E-state index contributed by atoms with van der Waals surface area (Å²) in [7, 11) is 2.82. The van der Waals surface area contributed by atoms with Crippen LogP contribution in [0.1, 0.15) is 24.0 Å². The number of fused-ring (bicyclic) bond motifs is 3. The van der Waals surface area contributed by atoms with Gasteiger partial charge < -0.3 is 14.4 Å². The van der Waals surface area contributed by atoms with E-state index in [4.69, 9.17) is 9.47 Å². The maximum absolute atomic E-state index is 13.9. The molecule has 0 N–H and O–H groups in total. The highest BCUT2D eigenvalue weighted by molar-refractivity contribution is 5.81. The van der Waals surface area contributed by atoms with E-state index in [-0.39, 0.29) is 30.7 Å². The van der Waals surface area contributed by atoms with E-state index in [0.717, 1.165) is 4.90 Å². The zero-order chi connectivity index (χ0) is 16.1. The van der Waals surface area contributed by atoms with Gasteiger partial charge in [-0.3, -0.25) is 4.79 Å². The second-order valence-corrected chi connectivity index (χ2v) is 5.52. The largest absolute Gasteiger partial charge is 0.493 e. The van der Waals surface area contributed by atoms with Crippen molar-refractivity contribution in [3.63, 3.8) is 0 Å². The Bertz CT molecular complexity index is 629. The van der Waals surface area contributed by atoms with Gasteiger partial charge in [-0.2, -0.15) is 13.2 Å². The Morgan fingerprint density at radius 2 is 1.77 bits per heavy atom. The molecule has 1 aromatic carbocycles. The summed E-state index contributed by atoms with van der Waals surface area (Å²) in [5, 5.41) is 0. The predicted octanol–water partition coefficient (Wildman–Crippen LogP) is 2.64. The van der Waals surface area contributed by atoms with Crippen molar-refractivity contribution >= 4 is 5.91 Å². The van der Waals surface area contributed by atoms with E-state index in [1.807, 2.05) is 0 Å². The number of ether oxygens (including phenoxy) is 2. The quantitative estimate of drug-likeness (QED) is 0.842. The van der Waals surface area contributed by atoms with Gasteiger partial charge >= 0.3 is 6.18 Å². The molecule has 2 heterocycles. The molecule has 2 aliphatic rings. The molecule has 7 heteroatoms. The number of hydrogen-bond acceptors (Lipinski definition) is 3. The molecule has 3 rings (SSSR count). The molecule has 1 amide bonds. The topological polar surface area (TPSA) is 38.8 Å². The van der Waals surface area contributed by atoms with Crippen molar-refractivity contribution < 1.29 is 27.4 Å². The van der Waals surface area contributed by atoms with Crippen LogP contribution in [0.4, 0.5) is 13.2 Å².